The molecule has 10 nitrogen and oxygen atoms in total. The number of aliphatic hydroxyl groups excluding tert-OH is 1. The molecule has 0 spiro atoms. The minimum atomic E-state index is -0.840. The molecule has 1 aliphatic carbocycles. The van der Waals surface area contributed by atoms with Gasteiger partial charge < -0.3 is 30.4 Å². The highest BCUT2D eigenvalue weighted by atomic mass is 16.5. The van der Waals surface area contributed by atoms with Gasteiger partial charge in [0.05, 0.1) is 62.9 Å². The Morgan fingerprint density at radius 2 is 1.67 bits per heavy atom. The summed E-state index contributed by atoms with van der Waals surface area (Å²) in [5.41, 5.74) is 6.41. The number of hydrogen-bond donors (Lipinski definition) is 3. The van der Waals surface area contributed by atoms with Gasteiger partial charge in [-0.15, -0.1) is 0 Å². The van der Waals surface area contributed by atoms with Gasteiger partial charge in [0.25, 0.3) is 11.8 Å². The number of nitrogens with one attached hydrogen (secondary N) is 1. The third kappa shape index (κ3) is 5.96. The molecule has 2 unspecified atom stereocenters. The van der Waals surface area contributed by atoms with Crippen LogP contribution in [0.3, 0.4) is 0 Å². The molecule has 0 radical (unpaired) electrons. The summed E-state index contributed by atoms with van der Waals surface area (Å²) in [6.45, 7) is 5.29. The van der Waals surface area contributed by atoms with Crippen LogP contribution in [0.1, 0.15) is 40.5 Å². The predicted molar refractivity (Wildman–Crippen MR) is 120 cm³/mol. The van der Waals surface area contributed by atoms with Crippen LogP contribution in [-0.2, 0) is 19.0 Å². The number of benzene rings is 1. The highest BCUT2D eigenvalue weighted by Gasteiger charge is 2.47. The van der Waals surface area contributed by atoms with E-state index >= 15 is 0 Å². The van der Waals surface area contributed by atoms with Crippen molar-refractivity contribution in [2.45, 2.75) is 31.9 Å². The van der Waals surface area contributed by atoms with Crippen molar-refractivity contribution in [1.82, 2.24) is 4.90 Å². The summed E-state index contributed by atoms with van der Waals surface area (Å²) in [5.74, 6) is -1.83. The molecule has 2 amide bonds. The van der Waals surface area contributed by atoms with Crippen LogP contribution < -0.4 is 11.1 Å². The lowest BCUT2D eigenvalue weighted by atomic mass is 9.82. The van der Waals surface area contributed by atoms with Crippen LogP contribution in [0.4, 0.5) is 5.69 Å². The number of ketones is 1. The summed E-state index contributed by atoms with van der Waals surface area (Å²) in [5, 5.41) is 13.1. The van der Waals surface area contributed by atoms with Crippen molar-refractivity contribution >= 4 is 23.3 Å². The number of nitrogens with two attached hydrogens (primary N) is 1. The number of rotatable bonds is 13. The maximum atomic E-state index is 13.1. The van der Waals surface area contributed by atoms with Crippen molar-refractivity contribution in [3.05, 3.63) is 29.3 Å². The van der Waals surface area contributed by atoms with Crippen LogP contribution in [0.25, 0.3) is 0 Å². The second-order valence-corrected chi connectivity index (χ2v) is 8.11. The Morgan fingerprint density at radius 3 is 2.36 bits per heavy atom. The van der Waals surface area contributed by atoms with Crippen molar-refractivity contribution in [2.75, 3.05) is 58.0 Å². The summed E-state index contributed by atoms with van der Waals surface area (Å²) >= 11 is 0. The Balaban J connectivity index is 1.49. The van der Waals surface area contributed by atoms with Gasteiger partial charge in [-0.3, -0.25) is 19.3 Å². The van der Waals surface area contributed by atoms with Crippen molar-refractivity contribution in [3.63, 3.8) is 0 Å². The first-order valence-corrected chi connectivity index (χ1v) is 11.4. The summed E-state index contributed by atoms with van der Waals surface area (Å²) in [7, 11) is 0. The second-order valence-electron chi connectivity index (χ2n) is 8.11. The molecule has 182 valence electrons. The largest absolute Gasteiger partial charge is 0.392 e. The van der Waals surface area contributed by atoms with Gasteiger partial charge in [0, 0.05) is 24.7 Å². The molecule has 3 rings (SSSR count). The number of amides is 2. The van der Waals surface area contributed by atoms with Gasteiger partial charge in [0.2, 0.25) is 0 Å². The number of imide groups is 1. The van der Waals surface area contributed by atoms with Crippen LogP contribution in [0, 0.1) is 5.92 Å². The molecule has 1 aromatic rings. The fraction of sp³-hybridized carbons (Fsp3) is 0.609. The van der Waals surface area contributed by atoms with E-state index in [0.717, 1.165) is 4.90 Å². The highest BCUT2D eigenvalue weighted by Crippen LogP contribution is 2.34. The number of carbonyl (C=O) groups excluding carboxylic acids is 3. The molecular formula is C23H33N3O7. The smallest absolute Gasteiger partial charge is 0.264 e. The number of anilines is 1. The maximum Gasteiger partial charge on any atom is 0.264 e. The van der Waals surface area contributed by atoms with Crippen molar-refractivity contribution in [1.29, 1.82) is 0 Å². The first kappa shape index (κ1) is 25.3. The fourth-order valence-corrected chi connectivity index (χ4v) is 4.09. The minimum absolute atomic E-state index is 0.271. The molecule has 1 saturated carbocycles. The van der Waals surface area contributed by atoms with Crippen molar-refractivity contribution < 1.29 is 33.7 Å². The molecule has 0 bridgehead atoms. The predicted octanol–water partition coefficient (Wildman–Crippen LogP) is 0.432. The molecule has 3 atom stereocenters. The summed E-state index contributed by atoms with van der Waals surface area (Å²) in [6, 6.07) is 4.18. The van der Waals surface area contributed by atoms with Crippen LogP contribution >= 0.6 is 0 Å². The highest BCUT2D eigenvalue weighted by molar-refractivity contribution is 6.25. The van der Waals surface area contributed by atoms with Crippen molar-refractivity contribution in [2.24, 2.45) is 11.7 Å². The summed E-state index contributed by atoms with van der Waals surface area (Å²) in [6.07, 6.45) is -0.0954. The van der Waals surface area contributed by atoms with Gasteiger partial charge >= 0.3 is 0 Å². The number of carbonyl (C=O) groups is 3. The van der Waals surface area contributed by atoms with Gasteiger partial charge in [-0.05, 0) is 25.0 Å². The number of hydrogen-bond acceptors (Lipinski definition) is 9. The zero-order valence-electron chi connectivity index (χ0n) is 19.0. The van der Waals surface area contributed by atoms with E-state index in [1.165, 1.54) is 0 Å². The molecule has 0 aromatic heterocycles. The zero-order valence-corrected chi connectivity index (χ0v) is 19.0. The molecule has 1 heterocycles. The molecule has 33 heavy (non-hydrogen) atoms. The normalized spacial score (nSPS) is 22.7. The summed E-state index contributed by atoms with van der Waals surface area (Å²) in [4.78, 5) is 39.8. The first-order valence-electron chi connectivity index (χ1n) is 11.4. The molecule has 10 heteroatoms. The molecule has 1 fully saturated rings. The van der Waals surface area contributed by atoms with Crippen LogP contribution in [0.2, 0.25) is 0 Å². The molecule has 1 aromatic carbocycles. The molecule has 4 N–H and O–H groups in total. The van der Waals surface area contributed by atoms with Crippen LogP contribution in [0.15, 0.2) is 18.2 Å². The monoisotopic (exact) mass is 463 g/mol. The average molecular weight is 464 g/mol. The Hall–Kier alpha value is -2.37. The molecule has 2 aliphatic rings. The fourth-order valence-electron chi connectivity index (χ4n) is 4.09. The topological polar surface area (TPSA) is 140 Å². The number of ether oxygens (including phenoxy) is 3. The van der Waals surface area contributed by atoms with Gasteiger partial charge in [-0.1, -0.05) is 13.0 Å². The van der Waals surface area contributed by atoms with E-state index in [0.29, 0.717) is 64.8 Å². The van der Waals surface area contributed by atoms with Gasteiger partial charge in [0.1, 0.15) is 0 Å². The molecular weight excluding hydrogens is 430 g/mol. The Bertz CT molecular complexity index is 847. The van der Waals surface area contributed by atoms with Gasteiger partial charge in [-0.2, -0.15) is 0 Å². The van der Waals surface area contributed by atoms with E-state index in [4.69, 9.17) is 19.9 Å². The lowest BCUT2D eigenvalue weighted by molar-refractivity contribution is -0.133. The average Bonchev–Trinajstić information content (AvgIpc) is 3.07. The van der Waals surface area contributed by atoms with E-state index in [1.807, 2.05) is 0 Å². The van der Waals surface area contributed by atoms with Crippen LogP contribution in [-0.4, -0.2) is 92.5 Å². The van der Waals surface area contributed by atoms with E-state index in [-0.39, 0.29) is 23.3 Å². The first-order chi connectivity index (χ1) is 16.0. The van der Waals surface area contributed by atoms with Gasteiger partial charge in [-0.25, -0.2) is 0 Å². The Labute approximate surface area is 193 Å². The number of Topliss-reactive ketones (excluding diaryl/α,β-unsaturated/α-hetero) is 1. The SMILES string of the molecule is C[C@H]1C(=O)C(N2C(=O)c3cccc(NCCOCCOCCOCCN)c3C2=O)CCC1O. The minimum Gasteiger partial charge on any atom is -0.392 e. The third-order valence-corrected chi connectivity index (χ3v) is 5.92. The van der Waals surface area contributed by atoms with E-state index in [9.17, 15) is 19.5 Å². The van der Waals surface area contributed by atoms with Gasteiger partial charge in [0.15, 0.2) is 5.78 Å². The van der Waals surface area contributed by atoms with E-state index in [1.54, 1.807) is 25.1 Å². The van der Waals surface area contributed by atoms with Crippen molar-refractivity contribution in [3.8, 4) is 0 Å². The molecule has 1 aliphatic heterocycles. The lowest BCUT2D eigenvalue weighted by Crippen LogP contribution is -2.51. The number of nitrogens with zero attached hydrogens (tertiary/aromatic N) is 1. The zero-order chi connectivity index (χ0) is 23.8. The summed E-state index contributed by atoms with van der Waals surface area (Å²) < 4.78 is 16.1. The van der Waals surface area contributed by atoms with Crippen LogP contribution in [0.5, 0.6) is 0 Å². The number of aliphatic hydroxyl groups is 1. The third-order valence-electron chi connectivity index (χ3n) is 5.92. The lowest BCUT2D eigenvalue weighted by Gasteiger charge is -2.34. The Morgan fingerprint density at radius 1 is 1.00 bits per heavy atom. The Kier molecular flexibility index (Phi) is 9.33. The quantitative estimate of drug-likeness (QED) is 0.281. The molecule has 0 saturated heterocycles. The van der Waals surface area contributed by atoms with E-state index in [2.05, 4.69) is 5.32 Å². The second kappa shape index (κ2) is 12.2. The maximum absolute atomic E-state index is 13.1. The number of fused-ring (bicyclic) bond motifs is 1. The van der Waals surface area contributed by atoms with E-state index < -0.39 is 29.9 Å². The standard InChI is InChI=1S/C23H33N3O7/c1-15-19(27)6-5-18(21(15)28)26-22(29)16-3-2-4-17(20(16)23(26)30)25-8-10-32-12-14-33-13-11-31-9-7-24/h2-4,15,18-19,25,27H,5-14,24H2,1H3/t15-,18?,19?/m1/s1.